The number of ether oxygens (including phenoxy) is 1. The highest BCUT2D eigenvalue weighted by atomic mass is 16.5. The molecule has 0 unspecified atom stereocenters. The van der Waals surface area contributed by atoms with Crippen molar-refractivity contribution in [2.24, 2.45) is 5.92 Å². The first-order valence-corrected chi connectivity index (χ1v) is 11.5. The molecule has 4 rings (SSSR count). The molecule has 32 heavy (non-hydrogen) atoms. The van der Waals surface area contributed by atoms with Crippen LogP contribution in [0.25, 0.3) is 22.2 Å². The summed E-state index contributed by atoms with van der Waals surface area (Å²) in [6.07, 6.45) is 4.45. The lowest BCUT2D eigenvalue weighted by Gasteiger charge is -2.12. The molecule has 6 heteroatoms. The number of hydrogen-bond donors (Lipinski definition) is 2. The molecule has 2 amide bonds. The van der Waals surface area contributed by atoms with Crippen LogP contribution < -0.4 is 15.4 Å². The van der Waals surface area contributed by atoms with Crippen molar-refractivity contribution in [2.45, 2.75) is 46.1 Å². The van der Waals surface area contributed by atoms with Gasteiger partial charge >= 0.3 is 6.03 Å². The lowest BCUT2D eigenvalue weighted by atomic mass is 10.1. The maximum atomic E-state index is 12.0. The maximum absolute atomic E-state index is 12.0. The maximum Gasteiger partial charge on any atom is 0.319 e. The number of urea groups is 1. The van der Waals surface area contributed by atoms with Crippen molar-refractivity contribution < 1.29 is 9.53 Å². The van der Waals surface area contributed by atoms with Crippen LogP contribution >= 0.6 is 0 Å². The number of rotatable bonds is 9. The third-order valence-electron chi connectivity index (χ3n) is 5.83. The minimum absolute atomic E-state index is 0.199. The molecule has 1 heterocycles. The fraction of sp³-hybridized carbons (Fsp3) is 0.385. The second-order valence-electron chi connectivity index (χ2n) is 8.31. The second-order valence-corrected chi connectivity index (χ2v) is 8.31. The van der Waals surface area contributed by atoms with Gasteiger partial charge in [0.05, 0.1) is 23.4 Å². The second kappa shape index (κ2) is 9.78. The topological polar surface area (TPSA) is 79.1 Å². The van der Waals surface area contributed by atoms with E-state index in [0.29, 0.717) is 24.6 Å². The molecular weight excluding hydrogens is 400 g/mol. The summed E-state index contributed by atoms with van der Waals surface area (Å²) in [6.45, 7) is 6.22. The molecule has 0 atom stereocenters. The average Bonchev–Trinajstić information content (AvgIpc) is 3.56. The van der Waals surface area contributed by atoms with Gasteiger partial charge in [0, 0.05) is 30.2 Å². The number of unbranched alkanes of at least 4 members (excludes halogenated alkanes) is 1. The largest absolute Gasteiger partial charge is 0.494 e. The summed E-state index contributed by atoms with van der Waals surface area (Å²) in [6, 6.07) is 15.9. The minimum atomic E-state index is -0.199. The van der Waals surface area contributed by atoms with Crippen molar-refractivity contribution >= 4 is 22.6 Å². The molecule has 6 nitrogen and oxygen atoms in total. The molecule has 1 aliphatic rings. The van der Waals surface area contributed by atoms with E-state index < -0.39 is 0 Å². The van der Waals surface area contributed by atoms with Crippen molar-refractivity contribution in [3.8, 4) is 23.1 Å². The van der Waals surface area contributed by atoms with Crippen LogP contribution in [0.3, 0.4) is 0 Å². The van der Waals surface area contributed by atoms with Crippen LogP contribution in [0.15, 0.2) is 42.5 Å². The van der Waals surface area contributed by atoms with Gasteiger partial charge in [-0.05, 0) is 61.9 Å². The van der Waals surface area contributed by atoms with Gasteiger partial charge in [0.2, 0.25) is 0 Å². The van der Waals surface area contributed by atoms with Gasteiger partial charge in [-0.1, -0.05) is 25.5 Å². The molecule has 1 fully saturated rings. The summed E-state index contributed by atoms with van der Waals surface area (Å²) in [4.78, 5) is 12.0. The lowest BCUT2D eigenvalue weighted by Crippen LogP contribution is -2.29. The van der Waals surface area contributed by atoms with Gasteiger partial charge in [0.1, 0.15) is 11.8 Å². The first kappa shape index (κ1) is 21.8. The number of fused-ring (bicyclic) bond motifs is 1. The molecule has 0 saturated heterocycles. The number of carbonyl (C=O) groups excluding carboxylic acids is 1. The first-order chi connectivity index (χ1) is 15.6. The SMILES string of the molecule is CCCCNC(=O)Nc1ccc(-c2c(C#N)c3ccc(OCC)cc3n2CC2CC2)cc1. The van der Waals surface area contributed by atoms with Gasteiger partial charge in [-0.2, -0.15) is 5.26 Å². The van der Waals surface area contributed by atoms with Crippen LogP contribution in [0.1, 0.15) is 45.1 Å². The van der Waals surface area contributed by atoms with E-state index in [2.05, 4.69) is 28.2 Å². The molecule has 166 valence electrons. The van der Waals surface area contributed by atoms with Crippen LogP contribution in [0.2, 0.25) is 0 Å². The van der Waals surface area contributed by atoms with Crippen molar-refractivity contribution in [2.75, 3.05) is 18.5 Å². The van der Waals surface area contributed by atoms with E-state index in [0.717, 1.165) is 53.0 Å². The monoisotopic (exact) mass is 430 g/mol. The van der Waals surface area contributed by atoms with Gasteiger partial charge in [0.15, 0.2) is 0 Å². The van der Waals surface area contributed by atoms with Gasteiger partial charge in [0.25, 0.3) is 0 Å². The summed E-state index contributed by atoms with van der Waals surface area (Å²) in [5.74, 6) is 1.47. The standard InChI is InChI=1S/C26H30N4O2/c1-3-5-14-28-26(31)29-20-10-8-19(9-11-20)25-23(16-27)22-13-12-21(32-4-2)15-24(22)30(25)17-18-6-7-18/h8-13,15,18H,3-7,14,17H2,1-2H3,(H2,28,29,31). The Balaban J connectivity index is 1.68. The van der Waals surface area contributed by atoms with Crippen LogP contribution in [-0.2, 0) is 6.54 Å². The van der Waals surface area contributed by atoms with Crippen molar-refractivity contribution in [3.05, 3.63) is 48.0 Å². The van der Waals surface area contributed by atoms with Crippen LogP contribution in [0.4, 0.5) is 10.5 Å². The number of nitrogens with zero attached hydrogens (tertiary/aromatic N) is 2. The molecule has 0 spiro atoms. The molecule has 1 saturated carbocycles. The fourth-order valence-electron chi connectivity index (χ4n) is 4.01. The van der Waals surface area contributed by atoms with Crippen molar-refractivity contribution in [3.63, 3.8) is 0 Å². The van der Waals surface area contributed by atoms with Gasteiger partial charge in [-0.3, -0.25) is 0 Å². The van der Waals surface area contributed by atoms with E-state index in [1.54, 1.807) is 0 Å². The Hall–Kier alpha value is -3.46. The predicted octanol–water partition coefficient (Wildman–Crippen LogP) is 5.91. The van der Waals surface area contributed by atoms with E-state index in [-0.39, 0.29) is 6.03 Å². The number of hydrogen-bond acceptors (Lipinski definition) is 3. The Bertz CT molecular complexity index is 1140. The van der Waals surface area contributed by atoms with Crippen LogP contribution in [-0.4, -0.2) is 23.7 Å². The van der Waals surface area contributed by atoms with Crippen molar-refractivity contribution in [1.82, 2.24) is 9.88 Å². The number of nitrogens with one attached hydrogen (secondary N) is 2. The Kier molecular flexibility index (Phi) is 6.65. The average molecular weight is 431 g/mol. The summed E-state index contributed by atoms with van der Waals surface area (Å²) < 4.78 is 8.00. The zero-order valence-corrected chi connectivity index (χ0v) is 18.8. The van der Waals surface area contributed by atoms with Crippen LogP contribution in [0, 0.1) is 17.2 Å². The normalized spacial score (nSPS) is 13.0. The molecule has 2 aromatic carbocycles. The molecule has 3 aromatic rings. The number of carbonyl (C=O) groups is 1. The highest BCUT2D eigenvalue weighted by Gasteiger charge is 2.26. The number of anilines is 1. The van der Waals surface area contributed by atoms with E-state index in [1.165, 1.54) is 12.8 Å². The van der Waals surface area contributed by atoms with E-state index in [4.69, 9.17) is 4.74 Å². The molecule has 1 aliphatic carbocycles. The summed E-state index contributed by atoms with van der Waals surface area (Å²) in [5, 5.41) is 16.7. The Morgan fingerprint density at radius 2 is 1.97 bits per heavy atom. The Labute approximate surface area is 189 Å². The minimum Gasteiger partial charge on any atom is -0.494 e. The molecule has 0 aliphatic heterocycles. The molecule has 2 N–H and O–H groups in total. The van der Waals surface area contributed by atoms with E-state index in [1.807, 2.05) is 49.4 Å². The smallest absolute Gasteiger partial charge is 0.319 e. The predicted molar refractivity (Wildman–Crippen MR) is 128 cm³/mol. The van der Waals surface area contributed by atoms with Crippen LogP contribution in [0.5, 0.6) is 5.75 Å². The zero-order valence-electron chi connectivity index (χ0n) is 18.8. The van der Waals surface area contributed by atoms with Crippen molar-refractivity contribution in [1.29, 1.82) is 5.26 Å². The Morgan fingerprint density at radius 1 is 1.19 bits per heavy atom. The van der Waals surface area contributed by atoms with Gasteiger partial charge in [-0.15, -0.1) is 0 Å². The molecule has 0 bridgehead atoms. The van der Waals surface area contributed by atoms with Gasteiger partial charge < -0.3 is 19.9 Å². The number of amides is 2. The highest BCUT2D eigenvalue weighted by Crippen LogP contribution is 2.39. The third kappa shape index (κ3) is 4.72. The number of nitriles is 1. The summed E-state index contributed by atoms with van der Waals surface area (Å²) >= 11 is 0. The molecule has 1 aromatic heterocycles. The summed E-state index contributed by atoms with van der Waals surface area (Å²) in [5.41, 5.74) is 4.34. The third-order valence-corrected chi connectivity index (χ3v) is 5.83. The lowest BCUT2D eigenvalue weighted by molar-refractivity contribution is 0.252. The highest BCUT2D eigenvalue weighted by molar-refractivity contribution is 5.96. The molecule has 0 radical (unpaired) electrons. The van der Waals surface area contributed by atoms with Gasteiger partial charge in [-0.25, -0.2) is 4.79 Å². The van der Waals surface area contributed by atoms with E-state index in [9.17, 15) is 10.1 Å². The summed E-state index contributed by atoms with van der Waals surface area (Å²) in [7, 11) is 0. The molecular formula is C26H30N4O2. The number of aromatic nitrogens is 1. The quantitative estimate of drug-likeness (QED) is 0.414. The van der Waals surface area contributed by atoms with E-state index >= 15 is 0 Å². The first-order valence-electron chi connectivity index (χ1n) is 11.5. The number of benzene rings is 2. The Morgan fingerprint density at radius 3 is 2.62 bits per heavy atom. The fourth-order valence-corrected chi connectivity index (χ4v) is 4.01. The zero-order chi connectivity index (χ0) is 22.5.